The molecule has 1 unspecified atom stereocenters. The maximum atomic E-state index is 11.7. The van der Waals surface area contributed by atoms with Gasteiger partial charge in [-0.25, -0.2) is 23.2 Å². The molecular formula is C11H15N3O4S. The lowest BCUT2D eigenvalue weighted by molar-refractivity contribution is 0.0587. The van der Waals surface area contributed by atoms with Crippen LogP contribution in [0.25, 0.3) is 0 Å². The molecule has 0 saturated carbocycles. The van der Waals surface area contributed by atoms with Crippen LogP contribution in [0, 0.1) is 0 Å². The van der Waals surface area contributed by atoms with Gasteiger partial charge < -0.3 is 10.1 Å². The van der Waals surface area contributed by atoms with Gasteiger partial charge >= 0.3 is 5.97 Å². The molecular weight excluding hydrogens is 270 g/mol. The van der Waals surface area contributed by atoms with Crippen LogP contribution in [-0.2, 0) is 14.6 Å². The van der Waals surface area contributed by atoms with Crippen molar-refractivity contribution in [1.29, 1.82) is 0 Å². The van der Waals surface area contributed by atoms with Crippen molar-refractivity contribution >= 4 is 21.6 Å². The second-order valence-corrected chi connectivity index (χ2v) is 6.67. The number of hydrogen-bond donors (Lipinski definition) is 1. The third-order valence-corrected chi connectivity index (χ3v) is 5.27. The standard InChI is InChI=1S/C11H15N3O4S/c1-18-11(15)10-12-5-4-9(14-10)13-7-8-3-2-6-19(8,16)17/h4-5,8H,2-3,6-7H2,1H3,(H,12,13,14). The molecule has 1 aromatic rings. The number of aromatic nitrogens is 2. The average molecular weight is 285 g/mol. The molecule has 1 aliphatic heterocycles. The summed E-state index contributed by atoms with van der Waals surface area (Å²) in [4.78, 5) is 19.0. The minimum atomic E-state index is -2.99. The highest BCUT2D eigenvalue weighted by molar-refractivity contribution is 7.92. The molecule has 19 heavy (non-hydrogen) atoms. The van der Waals surface area contributed by atoms with Crippen molar-refractivity contribution in [3.05, 3.63) is 18.1 Å². The maximum absolute atomic E-state index is 11.7. The molecule has 2 heterocycles. The van der Waals surface area contributed by atoms with E-state index in [2.05, 4.69) is 20.0 Å². The van der Waals surface area contributed by atoms with Gasteiger partial charge in [0.05, 0.1) is 18.1 Å². The van der Waals surface area contributed by atoms with Gasteiger partial charge in [-0.15, -0.1) is 0 Å². The van der Waals surface area contributed by atoms with E-state index in [1.807, 2.05) is 0 Å². The third kappa shape index (κ3) is 3.19. The van der Waals surface area contributed by atoms with Crippen LogP contribution in [0.15, 0.2) is 12.3 Å². The number of nitrogens with zero attached hydrogens (tertiary/aromatic N) is 2. The van der Waals surface area contributed by atoms with E-state index >= 15 is 0 Å². The Morgan fingerprint density at radius 2 is 2.37 bits per heavy atom. The highest BCUT2D eigenvalue weighted by atomic mass is 32.2. The van der Waals surface area contributed by atoms with Crippen LogP contribution in [-0.4, -0.2) is 49.0 Å². The largest absolute Gasteiger partial charge is 0.463 e. The Morgan fingerprint density at radius 3 is 3.00 bits per heavy atom. The SMILES string of the molecule is COC(=O)c1nccc(NCC2CCCS2(=O)=O)n1. The highest BCUT2D eigenvalue weighted by Crippen LogP contribution is 2.20. The van der Waals surface area contributed by atoms with Crippen molar-refractivity contribution in [2.75, 3.05) is 24.7 Å². The van der Waals surface area contributed by atoms with Crippen molar-refractivity contribution < 1.29 is 17.9 Å². The van der Waals surface area contributed by atoms with Gasteiger partial charge in [-0.05, 0) is 18.9 Å². The number of nitrogens with one attached hydrogen (secondary N) is 1. The fourth-order valence-corrected chi connectivity index (χ4v) is 3.72. The van der Waals surface area contributed by atoms with Crippen molar-refractivity contribution in [3.63, 3.8) is 0 Å². The molecule has 0 aromatic carbocycles. The van der Waals surface area contributed by atoms with E-state index in [0.717, 1.165) is 0 Å². The van der Waals surface area contributed by atoms with Crippen LogP contribution in [0.2, 0.25) is 0 Å². The molecule has 0 amide bonds. The molecule has 1 aliphatic rings. The third-order valence-electron chi connectivity index (χ3n) is 3.00. The molecule has 104 valence electrons. The maximum Gasteiger partial charge on any atom is 0.376 e. The first-order valence-electron chi connectivity index (χ1n) is 5.90. The average Bonchev–Trinajstić information content (AvgIpc) is 2.74. The summed E-state index contributed by atoms with van der Waals surface area (Å²) in [6.45, 7) is 0.292. The van der Waals surface area contributed by atoms with Gasteiger partial charge in [0.1, 0.15) is 5.82 Å². The normalized spacial score (nSPS) is 21.0. The van der Waals surface area contributed by atoms with Gasteiger partial charge in [0.25, 0.3) is 0 Å². The van der Waals surface area contributed by atoms with Crippen LogP contribution < -0.4 is 5.32 Å². The first kappa shape index (κ1) is 13.7. The molecule has 0 bridgehead atoms. The van der Waals surface area contributed by atoms with Crippen LogP contribution in [0.3, 0.4) is 0 Å². The first-order chi connectivity index (χ1) is 9.03. The van der Waals surface area contributed by atoms with E-state index in [9.17, 15) is 13.2 Å². The van der Waals surface area contributed by atoms with Crippen LogP contribution in [0.4, 0.5) is 5.82 Å². The van der Waals surface area contributed by atoms with E-state index in [1.165, 1.54) is 13.3 Å². The zero-order chi connectivity index (χ0) is 13.9. The fraction of sp³-hybridized carbons (Fsp3) is 0.545. The molecule has 7 nitrogen and oxygen atoms in total. The molecule has 0 radical (unpaired) electrons. The Kier molecular flexibility index (Phi) is 3.98. The van der Waals surface area contributed by atoms with Crippen molar-refractivity contribution in [3.8, 4) is 0 Å². The minimum absolute atomic E-state index is 0.0539. The Balaban J connectivity index is 2.02. The van der Waals surface area contributed by atoms with Gasteiger partial charge in [0.15, 0.2) is 9.84 Å². The quantitative estimate of drug-likeness (QED) is 0.792. The van der Waals surface area contributed by atoms with Gasteiger partial charge in [-0.3, -0.25) is 0 Å². The fourth-order valence-electron chi connectivity index (χ4n) is 1.95. The lowest BCUT2D eigenvalue weighted by Crippen LogP contribution is -2.25. The second kappa shape index (κ2) is 5.52. The van der Waals surface area contributed by atoms with Gasteiger partial charge in [0, 0.05) is 12.7 Å². The molecule has 0 spiro atoms. The second-order valence-electron chi connectivity index (χ2n) is 4.27. The molecule has 8 heteroatoms. The topological polar surface area (TPSA) is 98.2 Å². The predicted octanol–water partition coefficient (Wildman–Crippen LogP) is 0.252. The lowest BCUT2D eigenvalue weighted by atomic mass is 10.2. The number of hydrogen-bond acceptors (Lipinski definition) is 7. The van der Waals surface area contributed by atoms with E-state index in [4.69, 9.17) is 0 Å². The summed E-state index contributed by atoms with van der Waals surface area (Å²) in [5, 5.41) is 2.54. The summed E-state index contributed by atoms with van der Waals surface area (Å²) < 4.78 is 27.8. The number of sulfone groups is 1. The monoisotopic (exact) mass is 285 g/mol. The van der Waals surface area contributed by atoms with Crippen molar-refractivity contribution in [2.45, 2.75) is 18.1 Å². The molecule has 0 aliphatic carbocycles. The Hall–Kier alpha value is -1.70. The molecule has 2 rings (SSSR count). The van der Waals surface area contributed by atoms with Gasteiger partial charge in [-0.2, -0.15) is 0 Å². The van der Waals surface area contributed by atoms with E-state index in [0.29, 0.717) is 25.2 Å². The van der Waals surface area contributed by atoms with Crippen molar-refractivity contribution in [1.82, 2.24) is 9.97 Å². The Labute approximate surface area is 111 Å². The number of carbonyl (C=O) groups is 1. The number of methoxy groups -OCH3 is 1. The zero-order valence-corrected chi connectivity index (χ0v) is 11.3. The van der Waals surface area contributed by atoms with Crippen LogP contribution in [0.1, 0.15) is 23.5 Å². The summed E-state index contributed by atoms with van der Waals surface area (Å²) in [6.07, 6.45) is 2.78. The number of anilines is 1. The van der Waals surface area contributed by atoms with Crippen LogP contribution >= 0.6 is 0 Å². The van der Waals surface area contributed by atoms with Crippen molar-refractivity contribution in [2.24, 2.45) is 0 Å². The number of rotatable bonds is 4. The molecule has 1 aromatic heterocycles. The summed E-state index contributed by atoms with van der Waals surface area (Å²) >= 11 is 0. The summed E-state index contributed by atoms with van der Waals surface area (Å²) in [6, 6.07) is 1.58. The number of carbonyl (C=O) groups excluding carboxylic acids is 1. The predicted molar refractivity (Wildman–Crippen MR) is 68.7 cm³/mol. The van der Waals surface area contributed by atoms with Crippen LogP contribution in [0.5, 0.6) is 0 Å². The zero-order valence-electron chi connectivity index (χ0n) is 10.5. The van der Waals surface area contributed by atoms with Gasteiger partial charge in [0.2, 0.25) is 5.82 Å². The summed E-state index contributed by atoms with van der Waals surface area (Å²) in [5.41, 5.74) is 0. The van der Waals surface area contributed by atoms with E-state index in [-0.39, 0.29) is 16.8 Å². The molecule has 1 saturated heterocycles. The van der Waals surface area contributed by atoms with E-state index in [1.54, 1.807) is 6.07 Å². The smallest absolute Gasteiger partial charge is 0.376 e. The number of esters is 1. The number of ether oxygens (including phenoxy) is 1. The minimum Gasteiger partial charge on any atom is -0.463 e. The lowest BCUT2D eigenvalue weighted by Gasteiger charge is -2.11. The van der Waals surface area contributed by atoms with E-state index < -0.39 is 15.8 Å². The first-order valence-corrected chi connectivity index (χ1v) is 7.61. The molecule has 1 N–H and O–H groups in total. The van der Waals surface area contributed by atoms with Gasteiger partial charge in [-0.1, -0.05) is 0 Å². The Bertz CT molecular complexity index is 573. The molecule has 1 fully saturated rings. The summed E-state index contributed by atoms with van der Waals surface area (Å²) in [5.74, 6) is -0.0206. The highest BCUT2D eigenvalue weighted by Gasteiger charge is 2.30. The molecule has 1 atom stereocenters. The summed E-state index contributed by atoms with van der Waals surface area (Å²) in [7, 11) is -1.74. The Morgan fingerprint density at radius 1 is 1.58 bits per heavy atom.